The molecule has 1 saturated carbocycles. The van der Waals surface area contributed by atoms with E-state index >= 15 is 0 Å². The van der Waals surface area contributed by atoms with E-state index < -0.39 is 17.9 Å². The molecule has 2 amide bonds. The molecule has 1 aliphatic rings. The lowest BCUT2D eigenvalue weighted by Crippen LogP contribution is -2.59. The van der Waals surface area contributed by atoms with Crippen molar-refractivity contribution < 1.29 is 18.0 Å². The molecule has 0 unspecified atom stereocenters. The lowest BCUT2D eigenvalue weighted by atomic mass is 9.77. The van der Waals surface area contributed by atoms with Crippen molar-refractivity contribution >= 4 is 28.5 Å². The van der Waals surface area contributed by atoms with Crippen LogP contribution < -0.4 is 16.4 Å². The van der Waals surface area contributed by atoms with Crippen molar-refractivity contribution in [1.82, 2.24) is 15.3 Å². The number of alkyl halides is 3. The van der Waals surface area contributed by atoms with Gasteiger partial charge in [-0.3, -0.25) is 4.99 Å². The first-order valence-corrected chi connectivity index (χ1v) is 11.2. The molecule has 0 bridgehead atoms. The average Bonchev–Trinajstić information content (AvgIpc) is 2.78. The number of aryl methyl sites for hydroxylation is 1. The zero-order valence-corrected chi connectivity index (χ0v) is 20.1. The van der Waals surface area contributed by atoms with Crippen LogP contribution in [0, 0.1) is 19.8 Å². The molecule has 0 saturated heterocycles. The van der Waals surface area contributed by atoms with Crippen LogP contribution in [-0.2, 0) is 11.9 Å². The van der Waals surface area contributed by atoms with E-state index in [4.69, 9.17) is 5.73 Å². The fourth-order valence-electron chi connectivity index (χ4n) is 3.28. The molecular formula is C23H29F3N6OS. The zero-order valence-electron chi connectivity index (χ0n) is 19.3. The molecule has 0 atom stereocenters. The Labute approximate surface area is 202 Å². The van der Waals surface area contributed by atoms with Crippen LogP contribution in [0.15, 0.2) is 41.8 Å². The fourth-order valence-corrected chi connectivity index (χ4v) is 4.41. The number of aliphatic imine (C=N–C) groups is 1. The van der Waals surface area contributed by atoms with Gasteiger partial charge >= 0.3 is 12.2 Å². The number of halogens is 3. The van der Waals surface area contributed by atoms with Gasteiger partial charge in [-0.15, -0.1) is 24.6 Å². The Hall–Kier alpha value is -3.26. The number of carbonyl (C=O) groups excluding carboxylic acids is 1. The molecule has 4 N–H and O–H groups in total. The van der Waals surface area contributed by atoms with Crippen molar-refractivity contribution in [2.45, 2.75) is 43.7 Å². The standard InChI is InChI=1S/C16H24N4OS.C5H3F3N2.C2H2/c1-11-7-12(9-13(8-11)18-2)10-22-14(19-3)16(5-4-6-16)20-15(17)21;6-5(7,8)4-1-2-9-3-10-4;1-2/h7-9,18H,4-6,10H2,1-3H3,(H3,17,20,21);1-3H;1-2H. The van der Waals surface area contributed by atoms with E-state index in [0.717, 1.165) is 54.3 Å². The number of nitrogens with one attached hydrogen (secondary N) is 2. The maximum absolute atomic E-state index is 11.7. The number of nitrogens with two attached hydrogens (primary N) is 1. The van der Waals surface area contributed by atoms with Crippen LogP contribution in [0.5, 0.6) is 0 Å². The molecule has 1 heterocycles. The van der Waals surface area contributed by atoms with Crippen molar-refractivity contribution in [1.29, 1.82) is 0 Å². The number of carbonyl (C=O) groups is 1. The van der Waals surface area contributed by atoms with E-state index in [1.165, 1.54) is 11.1 Å². The van der Waals surface area contributed by atoms with Gasteiger partial charge in [-0.25, -0.2) is 14.8 Å². The van der Waals surface area contributed by atoms with E-state index in [9.17, 15) is 18.0 Å². The van der Waals surface area contributed by atoms with Gasteiger partial charge in [0.1, 0.15) is 12.0 Å². The highest BCUT2D eigenvalue weighted by atomic mass is 32.2. The fraction of sp³-hybridized carbons (Fsp3) is 0.391. The number of benzene rings is 1. The number of hydrogen-bond acceptors (Lipinski definition) is 6. The summed E-state index contributed by atoms with van der Waals surface area (Å²) in [6, 6.07) is 6.78. The van der Waals surface area contributed by atoms with Gasteiger partial charge in [-0.05, 0) is 55.5 Å². The predicted octanol–water partition coefficient (Wildman–Crippen LogP) is 4.63. The SMILES string of the molecule is C#C.CN=C(SCc1cc(C)cc(NC)c1)C1(NC(N)=O)CCC1.FC(F)(F)c1ccncn1. The first-order chi connectivity index (χ1) is 16.1. The number of primary amides is 1. The highest BCUT2D eigenvalue weighted by Gasteiger charge is 2.42. The van der Waals surface area contributed by atoms with E-state index in [-0.39, 0.29) is 5.54 Å². The van der Waals surface area contributed by atoms with Gasteiger partial charge in [0.25, 0.3) is 0 Å². The molecule has 1 fully saturated rings. The number of rotatable bonds is 5. The minimum atomic E-state index is -4.36. The topological polar surface area (TPSA) is 105 Å². The molecule has 1 aliphatic carbocycles. The maximum Gasteiger partial charge on any atom is 0.433 e. The molecule has 0 radical (unpaired) electrons. The normalized spacial score (nSPS) is 14.3. The zero-order chi connectivity index (χ0) is 25.8. The lowest BCUT2D eigenvalue weighted by molar-refractivity contribution is -0.141. The summed E-state index contributed by atoms with van der Waals surface area (Å²) in [5, 5.41) is 7.03. The lowest BCUT2D eigenvalue weighted by Gasteiger charge is -2.42. The summed E-state index contributed by atoms with van der Waals surface area (Å²) in [5.41, 5.74) is 7.64. The minimum Gasteiger partial charge on any atom is -0.388 e. The van der Waals surface area contributed by atoms with Crippen LogP contribution in [-0.4, -0.2) is 40.7 Å². The summed E-state index contributed by atoms with van der Waals surface area (Å²) in [7, 11) is 3.70. The molecule has 34 heavy (non-hydrogen) atoms. The predicted molar refractivity (Wildman–Crippen MR) is 132 cm³/mol. The van der Waals surface area contributed by atoms with Crippen molar-refractivity contribution in [3.05, 3.63) is 53.6 Å². The van der Waals surface area contributed by atoms with Gasteiger partial charge in [0.2, 0.25) is 0 Å². The molecule has 11 heteroatoms. The highest BCUT2D eigenvalue weighted by molar-refractivity contribution is 8.13. The summed E-state index contributed by atoms with van der Waals surface area (Å²) in [6.07, 6.45) is 8.46. The summed E-state index contributed by atoms with van der Waals surface area (Å²) in [5.74, 6) is 0.825. The Morgan fingerprint density at radius 3 is 2.38 bits per heavy atom. The second-order valence-electron chi connectivity index (χ2n) is 7.29. The maximum atomic E-state index is 11.7. The van der Waals surface area contributed by atoms with E-state index in [1.54, 1.807) is 18.8 Å². The second kappa shape index (κ2) is 13.4. The minimum absolute atomic E-state index is 0.346. The number of amides is 2. The third-order valence-electron chi connectivity index (χ3n) is 4.86. The third-order valence-corrected chi connectivity index (χ3v) is 6.18. The molecule has 2 aromatic rings. The number of thioether (sulfide) groups is 1. The summed E-state index contributed by atoms with van der Waals surface area (Å²) >= 11 is 1.68. The van der Waals surface area contributed by atoms with Gasteiger partial charge in [-0.2, -0.15) is 13.2 Å². The van der Waals surface area contributed by atoms with Gasteiger partial charge in [0, 0.05) is 31.7 Å². The van der Waals surface area contributed by atoms with Gasteiger partial charge < -0.3 is 16.4 Å². The second-order valence-corrected chi connectivity index (χ2v) is 8.26. The van der Waals surface area contributed by atoms with Crippen molar-refractivity contribution in [3.8, 4) is 12.8 Å². The molecule has 1 aromatic heterocycles. The van der Waals surface area contributed by atoms with Crippen molar-refractivity contribution in [3.63, 3.8) is 0 Å². The third kappa shape index (κ3) is 8.59. The molecule has 7 nitrogen and oxygen atoms in total. The summed E-state index contributed by atoms with van der Waals surface area (Å²) in [6.45, 7) is 2.09. The van der Waals surface area contributed by atoms with E-state index in [1.807, 2.05) is 7.05 Å². The van der Waals surface area contributed by atoms with Crippen LogP contribution in [0.1, 0.15) is 36.1 Å². The van der Waals surface area contributed by atoms with E-state index in [2.05, 4.69) is 63.6 Å². The first kappa shape index (κ1) is 28.8. The number of terminal acetylenes is 1. The smallest absolute Gasteiger partial charge is 0.388 e. The number of urea groups is 1. The van der Waals surface area contributed by atoms with Crippen LogP contribution in [0.3, 0.4) is 0 Å². The number of nitrogens with zero attached hydrogens (tertiary/aromatic N) is 3. The van der Waals surface area contributed by atoms with Crippen LogP contribution in [0.4, 0.5) is 23.7 Å². The summed E-state index contributed by atoms with van der Waals surface area (Å²) < 4.78 is 35.1. The van der Waals surface area contributed by atoms with Crippen LogP contribution in [0.25, 0.3) is 0 Å². The Bertz CT molecular complexity index is 976. The largest absolute Gasteiger partial charge is 0.433 e. The quantitative estimate of drug-likeness (QED) is 0.319. The average molecular weight is 495 g/mol. The van der Waals surface area contributed by atoms with Gasteiger partial charge in [-0.1, -0.05) is 6.07 Å². The Balaban J connectivity index is 0.000000402. The van der Waals surface area contributed by atoms with Crippen LogP contribution >= 0.6 is 11.8 Å². The van der Waals surface area contributed by atoms with Crippen molar-refractivity contribution in [2.24, 2.45) is 10.7 Å². The monoisotopic (exact) mass is 494 g/mol. The Morgan fingerprint density at radius 1 is 1.29 bits per heavy atom. The molecule has 0 aliphatic heterocycles. The molecular weight excluding hydrogens is 465 g/mol. The van der Waals surface area contributed by atoms with Gasteiger partial charge in [0.15, 0.2) is 0 Å². The number of hydrogen-bond donors (Lipinski definition) is 3. The van der Waals surface area contributed by atoms with E-state index in [0.29, 0.717) is 0 Å². The molecule has 0 spiro atoms. The number of aromatic nitrogens is 2. The van der Waals surface area contributed by atoms with Gasteiger partial charge in [0.05, 0.1) is 10.6 Å². The molecule has 1 aromatic carbocycles. The first-order valence-electron chi connectivity index (χ1n) is 10.2. The van der Waals surface area contributed by atoms with Crippen LogP contribution in [0.2, 0.25) is 0 Å². The Kier molecular flexibility index (Phi) is 11.4. The highest BCUT2D eigenvalue weighted by Crippen LogP contribution is 2.38. The molecule has 3 rings (SSSR count). The summed E-state index contributed by atoms with van der Waals surface area (Å²) in [4.78, 5) is 22.0. The Morgan fingerprint density at radius 2 is 1.97 bits per heavy atom. The van der Waals surface area contributed by atoms with Crippen molar-refractivity contribution in [2.75, 3.05) is 19.4 Å². The molecule has 184 valence electrons. The number of anilines is 1.